The van der Waals surface area contributed by atoms with Crippen molar-refractivity contribution in [3.63, 3.8) is 0 Å². The average Bonchev–Trinajstić information content (AvgIpc) is 2.62. The maximum atomic E-state index is 10.6. The van der Waals surface area contributed by atoms with E-state index < -0.39 is 5.60 Å². The minimum Gasteiger partial charge on any atom is -0.393 e. The van der Waals surface area contributed by atoms with Crippen LogP contribution in [0, 0.1) is 0 Å². The summed E-state index contributed by atoms with van der Waals surface area (Å²) in [5.74, 6) is 0. The molecule has 1 aliphatic rings. The van der Waals surface area contributed by atoms with Crippen LogP contribution in [0.4, 0.5) is 0 Å². The minimum atomic E-state index is -1.24. The van der Waals surface area contributed by atoms with E-state index in [-0.39, 0.29) is 6.61 Å². The first-order valence-corrected chi connectivity index (χ1v) is 5.30. The third-order valence-corrected chi connectivity index (χ3v) is 3.26. The number of fused-ring (bicyclic) bond motifs is 3. The van der Waals surface area contributed by atoms with E-state index in [2.05, 4.69) is 0 Å². The molecule has 1 aliphatic carbocycles. The fourth-order valence-electron chi connectivity index (χ4n) is 2.47. The Hall–Kier alpha value is -1.64. The predicted octanol–water partition coefficient (Wildman–Crippen LogP) is 1.90. The zero-order chi connectivity index (χ0) is 11.2. The summed E-state index contributed by atoms with van der Waals surface area (Å²) >= 11 is 0. The van der Waals surface area contributed by atoms with Gasteiger partial charge in [-0.25, -0.2) is 0 Å². The quantitative estimate of drug-likeness (QED) is 0.758. The molecule has 3 rings (SSSR count). The molecular formula is C14H12O2. The molecule has 2 aromatic rings. The number of hydrogen-bond donors (Lipinski definition) is 2. The minimum absolute atomic E-state index is 0.291. The van der Waals surface area contributed by atoms with Crippen LogP contribution in [0.2, 0.25) is 0 Å². The third-order valence-electron chi connectivity index (χ3n) is 3.26. The standard InChI is InChI=1S/C14H12O2/c15-9-14(16)12-7-3-1-5-10(12)11-6-2-4-8-13(11)14/h1-8,15-16H,9H2. The van der Waals surface area contributed by atoms with Gasteiger partial charge in [-0.1, -0.05) is 48.5 Å². The van der Waals surface area contributed by atoms with Crippen molar-refractivity contribution in [2.24, 2.45) is 0 Å². The molecule has 2 heteroatoms. The SMILES string of the molecule is OCC1(O)c2ccccc2-c2ccccc21. The van der Waals surface area contributed by atoms with E-state index in [0.29, 0.717) is 0 Å². The van der Waals surface area contributed by atoms with Crippen molar-refractivity contribution < 1.29 is 10.2 Å². The summed E-state index contributed by atoms with van der Waals surface area (Å²) in [6, 6.07) is 15.3. The van der Waals surface area contributed by atoms with Gasteiger partial charge in [0, 0.05) is 0 Å². The van der Waals surface area contributed by atoms with Crippen LogP contribution in [0.3, 0.4) is 0 Å². The van der Waals surface area contributed by atoms with E-state index in [1.54, 1.807) is 0 Å². The maximum Gasteiger partial charge on any atom is 0.139 e. The van der Waals surface area contributed by atoms with Gasteiger partial charge in [-0.3, -0.25) is 0 Å². The first-order valence-electron chi connectivity index (χ1n) is 5.30. The molecule has 2 nitrogen and oxygen atoms in total. The molecule has 2 N–H and O–H groups in total. The van der Waals surface area contributed by atoms with Crippen molar-refractivity contribution in [3.8, 4) is 11.1 Å². The second-order valence-electron chi connectivity index (χ2n) is 4.11. The lowest BCUT2D eigenvalue weighted by atomic mass is 9.93. The molecule has 0 fully saturated rings. The van der Waals surface area contributed by atoms with Gasteiger partial charge >= 0.3 is 0 Å². The van der Waals surface area contributed by atoms with Gasteiger partial charge in [-0.2, -0.15) is 0 Å². The highest BCUT2D eigenvalue weighted by Crippen LogP contribution is 2.46. The number of hydrogen-bond acceptors (Lipinski definition) is 2. The monoisotopic (exact) mass is 212 g/mol. The van der Waals surface area contributed by atoms with E-state index in [1.165, 1.54) is 0 Å². The summed E-state index contributed by atoms with van der Waals surface area (Å²) in [7, 11) is 0. The van der Waals surface area contributed by atoms with Gasteiger partial charge in [0.25, 0.3) is 0 Å². The molecule has 0 bridgehead atoms. The Balaban J connectivity index is 2.39. The number of rotatable bonds is 1. The average molecular weight is 212 g/mol. The van der Waals surface area contributed by atoms with Crippen LogP contribution in [-0.4, -0.2) is 16.8 Å². The molecule has 0 amide bonds. The van der Waals surface area contributed by atoms with E-state index in [0.717, 1.165) is 22.3 Å². The summed E-state index contributed by atoms with van der Waals surface area (Å²) in [5.41, 5.74) is 2.36. The Morgan fingerprint density at radius 1 is 0.812 bits per heavy atom. The van der Waals surface area contributed by atoms with Crippen LogP contribution in [0.5, 0.6) is 0 Å². The first-order chi connectivity index (χ1) is 7.77. The normalized spacial score (nSPS) is 15.6. The molecular weight excluding hydrogens is 200 g/mol. The number of benzene rings is 2. The Kier molecular flexibility index (Phi) is 1.90. The largest absolute Gasteiger partial charge is 0.393 e. The lowest BCUT2D eigenvalue weighted by Gasteiger charge is -2.22. The van der Waals surface area contributed by atoms with E-state index in [1.807, 2.05) is 48.5 Å². The smallest absolute Gasteiger partial charge is 0.139 e. The summed E-state index contributed by atoms with van der Waals surface area (Å²) in [6.45, 7) is -0.291. The van der Waals surface area contributed by atoms with Crippen molar-refractivity contribution >= 4 is 0 Å². The maximum absolute atomic E-state index is 10.6. The molecule has 16 heavy (non-hydrogen) atoms. The Morgan fingerprint density at radius 2 is 1.25 bits per heavy atom. The van der Waals surface area contributed by atoms with Crippen LogP contribution in [0.15, 0.2) is 48.5 Å². The highest BCUT2D eigenvalue weighted by atomic mass is 16.3. The number of aliphatic hydroxyl groups is 2. The molecule has 0 saturated heterocycles. The van der Waals surface area contributed by atoms with Gasteiger partial charge in [0.2, 0.25) is 0 Å². The third kappa shape index (κ3) is 1.03. The second kappa shape index (κ2) is 3.17. The summed E-state index contributed by atoms with van der Waals surface area (Å²) in [5, 5.41) is 20.0. The van der Waals surface area contributed by atoms with Crippen LogP contribution < -0.4 is 0 Å². The molecule has 0 atom stereocenters. The molecule has 80 valence electrons. The second-order valence-corrected chi connectivity index (χ2v) is 4.11. The molecule has 0 spiro atoms. The van der Waals surface area contributed by atoms with Gasteiger partial charge in [-0.05, 0) is 22.3 Å². The van der Waals surface area contributed by atoms with Crippen molar-refractivity contribution in [3.05, 3.63) is 59.7 Å². The van der Waals surface area contributed by atoms with Gasteiger partial charge in [0.15, 0.2) is 0 Å². The molecule has 0 aliphatic heterocycles. The van der Waals surface area contributed by atoms with Gasteiger partial charge in [0.05, 0.1) is 6.61 Å². The van der Waals surface area contributed by atoms with E-state index in [9.17, 15) is 10.2 Å². The molecule has 0 radical (unpaired) electrons. The van der Waals surface area contributed by atoms with Crippen LogP contribution in [0.1, 0.15) is 11.1 Å². The van der Waals surface area contributed by atoms with E-state index >= 15 is 0 Å². The molecule has 0 heterocycles. The lowest BCUT2D eigenvalue weighted by Crippen LogP contribution is -2.28. The van der Waals surface area contributed by atoms with Gasteiger partial charge in [-0.15, -0.1) is 0 Å². The van der Waals surface area contributed by atoms with Gasteiger partial charge in [0.1, 0.15) is 5.60 Å². The molecule has 0 unspecified atom stereocenters. The van der Waals surface area contributed by atoms with Crippen molar-refractivity contribution in [1.29, 1.82) is 0 Å². The highest BCUT2D eigenvalue weighted by molar-refractivity contribution is 5.79. The first kappa shape index (κ1) is 9.58. The van der Waals surface area contributed by atoms with Crippen molar-refractivity contribution in [2.45, 2.75) is 5.60 Å². The predicted molar refractivity (Wildman–Crippen MR) is 62.0 cm³/mol. The Bertz CT molecular complexity index is 500. The number of aliphatic hydroxyl groups excluding tert-OH is 1. The Morgan fingerprint density at radius 3 is 1.69 bits per heavy atom. The summed E-state index contributed by atoms with van der Waals surface area (Å²) < 4.78 is 0. The molecule has 0 saturated carbocycles. The van der Waals surface area contributed by atoms with Crippen LogP contribution in [-0.2, 0) is 5.60 Å². The van der Waals surface area contributed by atoms with Crippen molar-refractivity contribution in [2.75, 3.05) is 6.61 Å². The fourth-order valence-corrected chi connectivity index (χ4v) is 2.47. The topological polar surface area (TPSA) is 40.5 Å². The van der Waals surface area contributed by atoms with Crippen molar-refractivity contribution in [1.82, 2.24) is 0 Å². The Labute approximate surface area is 93.8 Å². The van der Waals surface area contributed by atoms with Crippen LogP contribution in [0.25, 0.3) is 11.1 Å². The van der Waals surface area contributed by atoms with Gasteiger partial charge < -0.3 is 10.2 Å². The summed E-state index contributed by atoms with van der Waals surface area (Å²) in [6.07, 6.45) is 0. The zero-order valence-electron chi connectivity index (χ0n) is 8.72. The fraction of sp³-hybridized carbons (Fsp3) is 0.143. The highest BCUT2D eigenvalue weighted by Gasteiger charge is 2.40. The lowest BCUT2D eigenvalue weighted by molar-refractivity contribution is 0.0211. The zero-order valence-corrected chi connectivity index (χ0v) is 8.72. The molecule has 0 aromatic heterocycles. The molecule has 2 aromatic carbocycles. The van der Waals surface area contributed by atoms with Crippen LogP contribution >= 0.6 is 0 Å². The van der Waals surface area contributed by atoms with E-state index in [4.69, 9.17) is 0 Å². The summed E-state index contributed by atoms with van der Waals surface area (Å²) in [4.78, 5) is 0.